The standard InChI is InChI=1S/C20H39N2O/c1-4-6-7-8-9-10-11-12-13-14-15-16-20-21-17-18-22(20,5-2)19(3)23/h15-16,19,23H,4-14,17-18H2,1-3H3/q+1/b16-15+. The fraction of sp³-hybridized carbons (Fsp3) is 0.850. The Kier molecular flexibility index (Phi) is 10.5. The van der Waals surface area contributed by atoms with Crippen LogP contribution in [0.4, 0.5) is 0 Å². The van der Waals surface area contributed by atoms with Gasteiger partial charge in [-0.3, -0.25) is 0 Å². The Bertz CT molecular complexity index is 363. The summed E-state index contributed by atoms with van der Waals surface area (Å²) in [5.74, 6) is 1.07. The average Bonchev–Trinajstić information content (AvgIpc) is 2.97. The summed E-state index contributed by atoms with van der Waals surface area (Å²) in [6.45, 7) is 9.00. The molecular weight excluding hydrogens is 284 g/mol. The van der Waals surface area contributed by atoms with Gasteiger partial charge in [0, 0.05) is 13.0 Å². The fourth-order valence-electron chi connectivity index (χ4n) is 3.52. The Morgan fingerprint density at radius 3 is 2.22 bits per heavy atom. The summed E-state index contributed by atoms with van der Waals surface area (Å²) in [7, 11) is 0. The van der Waals surface area contributed by atoms with Crippen LogP contribution >= 0.6 is 0 Å². The van der Waals surface area contributed by atoms with E-state index in [-0.39, 0.29) is 6.23 Å². The van der Waals surface area contributed by atoms with E-state index in [1.165, 1.54) is 57.8 Å². The van der Waals surface area contributed by atoms with Crippen molar-refractivity contribution in [3.05, 3.63) is 12.2 Å². The molecule has 0 bridgehead atoms. The molecule has 2 unspecified atom stereocenters. The molecule has 0 saturated heterocycles. The maximum atomic E-state index is 10.1. The molecule has 0 aromatic heterocycles. The van der Waals surface area contributed by atoms with Crippen LogP contribution in [0.3, 0.4) is 0 Å². The number of hydrogen-bond donors (Lipinski definition) is 1. The third-order valence-electron chi connectivity index (χ3n) is 5.25. The summed E-state index contributed by atoms with van der Waals surface area (Å²) in [5.41, 5.74) is 0. The molecule has 1 aliphatic heterocycles. The number of aliphatic hydroxyl groups excluding tert-OH is 1. The highest BCUT2D eigenvalue weighted by atomic mass is 16.3. The summed E-state index contributed by atoms with van der Waals surface area (Å²) in [5, 5.41) is 10.1. The van der Waals surface area contributed by atoms with Crippen LogP contribution in [0.2, 0.25) is 0 Å². The first kappa shape index (κ1) is 20.4. The van der Waals surface area contributed by atoms with Gasteiger partial charge in [-0.05, 0) is 19.8 Å². The molecule has 0 aliphatic carbocycles. The zero-order valence-electron chi connectivity index (χ0n) is 15.8. The third-order valence-corrected chi connectivity index (χ3v) is 5.25. The zero-order chi connectivity index (χ0) is 17.0. The molecule has 1 N–H and O–H groups in total. The number of allylic oxidation sites excluding steroid dienone is 1. The largest absolute Gasteiger partial charge is 0.345 e. The van der Waals surface area contributed by atoms with Gasteiger partial charge in [-0.15, -0.1) is 0 Å². The summed E-state index contributed by atoms with van der Waals surface area (Å²) < 4.78 is 0.633. The maximum Gasteiger partial charge on any atom is 0.224 e. The Labute approximate surface area is 144 Å². The summed E-state index contributed by atoms with van der Waals surface area (Å²) in [4.78, 5) is 4.61. The third kappa shape index (κ3) is 6.76. The molecule has 0 aromatic carbocycles. The average molecular weight is 324 g/mol. The van der Waals surface area contributed by atoms with Crippen LogP contribution in [-0.2, 0) is 0 Å². The van der Waals surface area contributed by atoms with Gasteiger partial charge in [-0.2, -0.15) is 0 Å². The van der Waals surface area contributed by atoms with Gasteiger partial charge in [0.15, 0.2) is 6.23 Å². The minimum atomic E-state index is -0.362. The molecular formula is C20H39N2O+. The number of hydrogen-bond acceptors (Lipinski definition) is 2. The van der Waals surface area contributed by atoms with Crippen LogP contribution in [0.25, 0.3) is 0 Å². The van der Waals surface area contributed by atoms with E-state index in [1.807, 2.05) is 6.92 Å². The van der Waals surface area contributed by atoms with E-state index in [2.05, 4.69) is 31.0 Å². The van der Waals surface area contributed by atoms with Crippen molar-refractivity contribution in [3.63, 3.8) is 0 Å². The molecule has 0 radical (unpaired) electrons. The van der Waals surface area contributed by atoms with E-state index < -0.39 is 0 Å². The number of amidine groups is 1. The lowest BCUT2D eigenvalue weighted by Gasteiger charge is -2.35. The van der Waals surface area contributed by atoms with Gasteiger partial charge in [-0.1, -0.05) is 64.4 Å². The minimum Gasteiger partial charge on any atom is -0.345 e. The molecule has 1 aliphatic rings. The minimum absolute atomic E-state index is 0.362. The number of rotatable bonds is 13. The lowest BCUT2D eigenvalue weighted by atomic mass is 10.1. The Morgan fingerprint density at radius 1 is 1.04 bits per heavy atom. The van der Waals surface area contributed by atoms with Gasteiger partial charge in [0.1, 0.15) is 6.54 Å². The molecule has 2 atom stereocenters. The Balaban J connectivity index is 2.12. The highest BCUT2D eigenvalue weighted by Crippen LogP contribution is 2.20. The molecule has 134 valence electrons. The molecule has 0 aromatic rings. The second kappa shape index (κ2) is 11.8. The topological polar surface area (TPSA) is 32.6 Å². The van der Waals surface area contributed by atoms with Crippen LogP contribution in [0.15, 0.2) is 17.1 Å². The zero-order valence-corrected chi connectivity index (χ0v) is 15.8. The van der Waals surface area contributed by atoms with Gasteiger partial charge in [0.2, 0.25) is 5.84 Å². The van der Waals surface area contributed by atoms with Gasteiger partial charge >= 0.3 is 0 Å². The molecule has 0 fully saturated rings. The number of unbranched alkanes of at least 4 members (excludes halogenated alkanes) is 9. The molecule has 0 spiro atoms. The van der Waals surface area contributed by atoms with E-state index in [0.29, 0.717) is 4.48 Å². The summed E-state index contributed by atoms with van der Waals surface area (Å²) in [6, 6.07) is 0. The molecule has 3 nitrogen and oxygen atoms in total. The maximum absolute atomic E-state index is 10.1. The van der Waals surface area contributed by atoms with Crippen LogP contribution < -0.4 is 0 Å². The lowest BCUT2D eigenvalue weighted by Crippen LogP contribution is -2.56. The second-order valence-electron chi connectivity index (χ2n) is 6.97. The van der Waals surface area contributed by atoms with Gasteiger partial charge in [0.25, 0.3) is 0 Å². The highest BCUT2D eigenvalue weighted by molar-refractivity contribution is 5.88. The monoisotopic (exact) mass is 323 g/mol. The van der Waals surface area contributed by atoms with E-state index in [4.69, 9.17) is 0 Å². The summed E-state index contributed by atoms with van der Waals surface area (Å²) in [6.07, 6.45) is 17.6. The fourth-order valence-corrected chi connectivity index (χ4v) is 3.52. The van der Waals surface area contributed by atoms with Crippen LogP contribution in [-0.4, -0.2) is 41.3 Å². The predicted octanol–water partition coefficient (Wildman–Crippen LogP) is 5.05. The molecule has 1 rings (SSSR count). The highest BCUT2D eigenvalue weighted by Gasteiger charge is 2.39. The Morgan fingerprint density at radius 2 is 1.65 bits per heavy atom. The number of nitrogens with zero attached hydrogens (tertiary/aromatic N) is 2. The van der Waals surface area contributed by atoms with Gasteiger partial charge < -0.3 is 5.11 Å². The summed E-state index contributed by atoms with van der Waals surface area (Å²) >= 11 is 0. The van der Waals surface area contributed by atoms with Crippen LogP contribution in [0.5, 0.6) is 0 Å². The number of aliphatic hydroxyl groups is 1. The van der Waals surface area contributed by atoms with Crippen molar-refractivity contribution in [2.45, 2.75) is 91.2 Å². The van der Waals surface area contributed by atoms with Crippen LogP contribution in [0.1, 0.15) is 85.0 Å². The van der Waals surface area contributed by atoms with Crippen LogP contribution in [0, 0.1) is 0 Å². The van der Waals surface area contributed by atoms with E-state index in [0.717, 1.165) is 31.9 Å². The van der Waals surface area contributed by atoms with Crippen molar-refractivity contribution < 1.29 is 9.59 Å². The quantitative estimate of drug-likeness (QED) is 0.373. The second-order valence-corrected chi connectivity index (χ2v) is 6.97. The smallest absolute Gasteiger partial charge is 0.224 e. The van der Waals surface area contributed by atoms with Crippen molar-refractivity contribution in [1.82, 2.24) is 0 Å². The first-order valence-corrected chi connectivity index (χ1v) is 9.93. The lowest BCUT2D eigenvalue weighted by molar-refractivity contribution is -0.880. The van der Waals surface area contributed by atoms with E-state index in [1.54, 1.807) is 0 Å². The number of likely N-dealkylation sites (N-methyl/N-ethyl adjacent to an activating group) is 1. The first-order chi connectivity index (χ1) is 11.2. The van der Waals surface area contributed by atoms with E-state index >= 15 is 0 Å². The van der Waals surface area contributed by atoms with Crippen molar-refractivity contribution in [2.75, 3.05) is 19.6 Å². The molecule has 1 heterocycles. The molecule has 23 heavy (non-hydrogen) atoms. The molecule has 3 heteroatoms. The molecule has 0 amide bonds. The van der Waals surface area contributed by atoms with Gasteiger partial charge in [0.05, 0.1) is 13.1 Å². The van der Waals surface area contributed by atoms with Crippen molar-refractivity contribution >= 4 is 5.84 Å². The number of quaternary nitrogens is 1. The Hall–Kier alpha value is -0.670. The number of aliphatic imine (C=N–C) groups is 1. The predicted molar refractivity (Wildman–Crippen MR) is 101 cm³/mol. The molecule has 0 saturated carbocycles. The van der Waals surface area contributed by atoms with Crippen molar-refractivity contribution in [3.8, 4) is 0 Å². The van der Waals surface area contributed by atoms with Gasteiger partial charge in [-0.25, -0.2) is 9.48 Å². The first-order valence-electron chi connectivity index (χ1n) is 9.93. The van der Waals surface area contributed by atoms with E-state index in [9.17, 15) is 5.11 Å². The SMILES string of the molecule is CCCCCCCCCCC/C=C/C1=NCC[N+]1(CC)C(C)O. The van der Waals surface area contributed by atoms with Crippen molar-refractivity contribution in [2.24, 2.45) is 4.99 Å². The van der Waals surface area contributed by atoms with Crippen molar-refractivity contribution in [1.29, 1.82) is 0 Å². The normalized spacial score (nSPS) is 22.7.